The van der Waals surface area contributed by atoms with Gasteiger partial charge in [0, 0.05) is 24.5 Å². The van der Waals surface area contributed by atoms with Crippen molar-refractivity contribution < 1.29 is 13.6 Å². The van der Waals surface area contributed by atoms with Crippen molar-refractivity contribution in [1.82, 2.24) is 15.6 Å². The Hall–Kier alpha value is -1.50. The maximum Gasteiger partial charge on any atom is 0.262 e. The number of fused-ring (bicyclic) bond motifs is 1. The summed E-state index contributed by atoms with van der Waals surface area (Å²) in [6, 6.07) is 8.77. The zero-order valence-corrected chi connectivity index (χ0v) is 13.7. The van der Waals surface area contributed by atoms with E-state index in [0.29, 0.717) is 0 Å². The first kappa shape index (κ1) is 19.5. The van der Waals surface area contributed by atoms with Crippen molar-refractivity contribution in [2.24, 2.45) is 0 Å². The van der Waals surface area contributed by atoms with Crippen LogP contribution in [-0.2, 0) is 11.3 Å². The van der Waals surface area contributed by atoms with E-state index in [1.54, 1.807) is 6.20 Å². The van der Waals surface area contributed by atoms with Crippen LogP contribution in [0, 0.1) is 0 Å². The summed E-state index contributed by atoms with van der Waals surface area (Å²) >= 11 is 0. The first-order valence-electron chi connectivity index (χ1n) is 6.76. The Bertz CT molecular complexity index is 685. The smallest absolute Gasteiger partial charge is 0.262 e. The highest BCUT2D eigenvalue weighted by Crippen LogP contribution is 2.25. The van der Waals surface area contributed by atoms with Crippen molar-refractivity contribution in [2.75, 3.05) is 6.54 Å². The van der Waals surface area contributed by atoms with Crippen molar-refractivity contribution >= 4 is 41.6 Å². The third-order valence-corrected chi connectivity index (χ3v) is 3.54. The molecule has 0 aliphatic carbocycles. The monoisotopic (exact) mass is 363 g/mol. The minimum Gasteiger partial charge on any atom is -0.351 e. The lowest BCUT2D eigenvalue weighted by Crippen LogP contribution is -2.40. The summed E-state index contributed by atoms with van der Waals surface area (Å²) in [7, 11) is 0. The maximum absolute atomic E-state index is 13.0. The van der Waals surface area contributed by atoms with Gasteiger partial charge in [0.2, 0.25) is 5.91 Å². The van der Waals surface area contributed by atoms with Gasteiger partial charge in [-0.25, -0.2) is 8.78 Å². The lowest BCUT2D eigenvalue weighted by molar-refractivity contribution is -0.123. The van der Waals surface area contributed by atoms with E-state index in [1.807, 2.05) is 30.3 Å². The molecular formula is C15H17Cl2F2N3O. The molecule has 2 heterocycles. The van der Waals surface area contributed by atoms with E-state index < -0.39 is 30.8 Å². The molecule has 126 valence electrons. The van der Waals surface area contributed by atoms with E-state index in [9.17, 15) is 13.6 Å². The number of aromatic nitrogens is 1. The van der Waals surface area contributed by atoms with E-state index in [4.69, 9.17) is 0 Å². The van der Waals surface area contributed by atoms with Crippen LogP contribution in [-0.4, -0.2) is 29.4 Å². The summed E-state index contributed by atoms with van der Waals surface area (Å²) in [4.78, 5) is 16.1. The molecule has 1 fully saturated rings. The third-order valence-electron chi connectivity index (χ3n) is 3.54. The molecule has 8 heteroatoms. The number of pyridine rings is 1. The fourth-order valence-electron chi connectivity index (χ4n) is 2.43. The number of hydrogen-bond donors (Lipinski definition) is 2. The number of nitrogens with zero attached hydrogens (tertiary/aromatic N) is 1. The summed E-state index contributed by atoms with van der Waals surface area (Å²) in [5.74, 6) is -3.20. The van der Waals surface area contributed by atoms with E-state index in [0.717, 1.165) is 16.5 Å². The number of carbonyl (C=O) groups excluding carboxylic acids is 1. The number of hydrogen-bond acceptors (Lipinski definition) is 3. The van der Waals surface area contributed by atoms with Crippen LogP contribution >= 0.6 is 24.8 Å². The van der Waals surface area contributed by atoms with E-state index >= 15 is 0 Å². The fraction of sp³-hybridized carbons (Fsp3) is 0.333. The minimum absolute atomic E-state index is 0. The Morgan fingerprint density at radius 1 is 1.35 bits per heavy atom. The number of alkyl halides is 2. The molecule has 1 saturated heterocycles. The van der Waals surface area contributed by atoms with E-state index in [1.165, 1.54) is 0 Å². The molecule has 1 aliphatic rings. The summed E-state index contributed by atoms with van der Waals surface area (Å²) in [6.07, 6.45) is 1.23. The van der Waals surface area contributed by atoms with Gasteiger partial charge in [-0.2, -0.15) is 0 Å². The molecule has 2 aromatic rings. The lowest BCUT2D eigenvalue weighted by atomic mass is 10.1. The molecule has 0 radical (unpaired) electrons. The Morgan fingerprint density at radius 2 is 2.09 bits per heavy atom. The second-order valence-electron chi connectivity index (χ2n) is 5.25. The van der Waals surface area contributed by atoms with Gasteiger partial charge in [0.1, 0.15) is 0 Å². The number of rotatable bonds is 3. The van der Waals surface area contributed by atoms with Gasteiger partial charge in [-0.05, 0) is 17.7 Å². The number of amides is 1. The molecule has 1 unspecified atom stereocenters. The van der Waals surface area contributed by atoms with Crippen LogP contribution in [0.2, 0.25) is 0 Å². The summed E-state index contributed by atoms with van der Waals surface area (Å²) in [5, 5.41) is 6.18. The molecule has 0 saturated carbocycles. The maximum atomic E-state index is 13.0. The Balaban J connectivity index is 0.00000132. The van der Waals surface area contributed by atoms with Crippen LogP contribution in [0.5, 0.6) is 0 Å². The second kappa shape index (κ2) is 7.86. The number of benzene rings is 1. The molecule has 1 amide bonds. The average molecular weight is 364 g/mol. The van der Waals surface area contributed by atoms with Crippen molar-refractivity contribution in [3.63, 3.8) is 0 Å². The normalized spacial score (nSPS) is 18.8. The number of carbonyl (C=O) groups is 1. The van der Waals surface area contributed by atoms with Crippen LogP contribution in [0.4, 0.5) is 8.78 Å². The van der Waals surface area contributed by atoms with Crippen LogP contribution < -0.4 is 10.6 Å². The molecule has 1 aromatic carbocycles. The molecule has 2 N–H and O–H groups in total. The first-order chi connectivity index (χ1) is 10.0. The molecule has 3 rings (SSSR count). The van der Waals surface area contributed by atoms with Crippen LogP contribution in [0.1, 0.15) is 12.0 Å². The van der Waals surface area contributed by atoms with Gasteiger partial charge in [-0.1, -0.05) is 18.2 Å². The van der Waals surface area contributed by atoms with Gasteiger partial charge in [0.15, 0.2) is 0 Å². The number of para-hydroxylation sites is 1. The summed E-state index contributed by atoms with van der Waals surface area (Å²) < 4.78 is 26.1. The highest BCUT2D eigenvalue weighted by molar-refractivity contribution is 5.85. The molecule has 1 aromatic heterocycles. The molecule has 4 nitrogen and oxygen atoms in total. The van der Waals surface area contributed by atoms with Crippen LogP contribution in [0.25, 0.3) is 10.9 Å². The van der Waals surface area contributed by atoms with Gasteiger partial charge < -0.3 is 5.32 Å². The van der Waals surface area contributed by atoms with E-state index in [2.05, 4.69) is 15.6 Å². The van der Waals surface area contributed by atoms with Crippen LogP contribution in [0.3, 0.4) is 0 Å². The Labute approximate surface area is 144 Å². The fourth-order valence-corrected chi connectivity index (χ4v) is 2.43. The zero-order chi connectivity index (χ0) is 14.9. The average Bonchev–Trinajstić information content (AvgIpc) is 2.85. The number of halogens is 4. The molecule has 23 heavy (non-hydrogen) atoms. The standard InChI is InChI=1S/C15H15F2N3O.2ClH/c16-15(17)6-13(20-9-15)14(21)19-8-10-5-11-3-1-2-4-12(11)18-7-10;;/h1-5,7,13,20H,6,8-9H2,(H,19,21);2*1H. The molecule has 1 aliphatic heterocycles. The van der Waals surface area contributed by atoms with Crippen molar-refractivity contribution in [3.05, 3.63) is 42.1 Å². The van der Waals surface area contributed by atoms with Gasteiger partial charge in [-0.15, -0.1) is 24.8 Å². The molecule has 0 spiro atoms. The predicted octanol–water partition coefficient (Wildman–Crippen LogP) is 2.69. The molecule has 1 atom stereocenters. The lowest BCUT2D eigenvalue weighted by Gasteiger charge is -2.11. The molecule has 0 bridgehead atoms. The van der Waals surface area contributed by atoms with Gasteiger partial charge in [-0.3, -0.25) is 15.1 Å². The topological polar surface area (TPSA) is 54.0 Å². The van der Waals surface area contributed by atoms with Gasteiger partial charge >= 0.3 is 0 Å². The highest BCUT2D eigenvalue weighted by atomic mass is 35.5. The van der Waals surface area contributed by atoms with Gasteiger partial charge in [0.25, 0.3) is 5.92 Å². The first-order valence-corrected chi connectivity index (χ1v) is 6.76. The summed E-state index contributed by atoms with van der Waals surface area (Å²) in [5.41, 5.74) is 1.72. The minimum atomic E-state index is -2.80. The van der Waals surface area contributed by atoms with Crippen molar-refractivity contribution in [3.8, 4) is 0 Å². The van der Waals surface area contributed by atoms with Crippen molar-refractivity contribution in [2.45, 2.75) is 24.9 Å². The van der Waals surface area contributed by atoms with Crippen LogP contribution in [0.15, 0.2) is 36.5 Å². The Morgan fingerprint density at radius 3 is 2.78 bits per heavy atom. The highest BCUT2D eigenvalue weighted by Gasteiger charge is 2.42. The quantitative estimate of drug-likeness (QED) is 0.881. The third kappa shape index (κ3) is 4.73. The SMILES string of the molecule is Cl.Cl.O=C(NCc1cnc2ccccc2c1)C1CC(F)(F)CN1. The summed E-state index contributed by atoms with van der Waals surface area (Å²) in [6.45, 7) is -0.164. The number of nitrogens with one attached hydrogen (secondary N) is 2. The van der Waals surface area contributed by atoms with Gasteiger partial charge in [0.05, 0.1) is 18.1 Å². The van der Waals surface area contributed by atoms with E-state index in [-0.39, 0.29) is 31.4 Å². The Kier molecular flexibility index (Phi) is 6.68. The molecular weight excluding hydrogens is 347 g/mol. The zero-order valence-electron chi connectivity index (χ0n) is 12.1. The predicted molar refractivity (Wildman–Crippen MR) is 89.4 cm³/mol. The second-order valence-corrected chi connectivity index (χ2v) is 5.25. The van der Waals surface area contributed by atoms with Crippen molar-refractivity contribution in [1.29, 1.82) is 0 Å². The largest absolute Gasteiger partial charge is 0.351 e.